The van der Waals surface area contributed by atoms with Crippen LogP contribution in [0.5, 0.6) is 0 Å². The maximum Gasteiger partial charge on any atom is 0.240 e. The number of amides is 1. The van der Waals surface area contributed by atoms with Crippen molar-refractivity contribution in [3.05, 3.63) is 29.8 Å². The lowest BCUT2D eigenvalue weighted by atomic mass is 9.81. The number of sulfonamides is 1. The average Bonchev–Trinajstić information content (AvgIpc) is 2.74. The molecule has 7 nitrogen and oxygen atoms in total. The lowest BCUT2D eigenvalue weighted by Crippen LogP contribution is -2.43. The highest BCUT2D eigenvalue weighted by Gasteiger charge is 2.27. The number of hydrogen-bond acceptors (Lipinski definition) is 5. The summed E-state index contributed by atoms with van der Waals surface area (Å²) >= 11 is 0. The van der Waals surface area contributed by atoms with Crippen LogP contribution in [-0.4, -0.2) is 65.2 Å². The van der Waals surface area contributed by atoms with Gasteiger partial charge in [-0.3, -0.25) is 9.69 Å². The second-order valence-electron chi connectivity index (χ2n) is 8.13. The molecule has 1 aromatic carbocycles. The molecule has 2 aliphatic rings. The van der Waals surface area contributed by atoms with Crippen LogP contribution in [-0.2, 0) is 19.6 Å². The van der Waals surface area contributed by atoms with Crippen molar-refractivity contribution in [1.29, 1.82) is 0 Å². The van der Waals surface area contributed by atoms with Gasteiger partial charge in [0, 0.05) is 38.6 Å². The van der Waals surface area contributed by atoms with E-state index in [0.29, 0.717) is 18.0 Å². The molecule has 2 N–H and O–H groups in total. The van der Waals surface area contributed by atoms with Crippen LogP contribution in [0.15, 0.2) is 29.2 Å². The number of hydrogen-bond donors (Lipinski definition) is 2. The van der Waals surface area contributed by atoms with Crippen molar-refractivity contribution in [2.45, 2.75) is 37.5 Å². The Morgan fingerprint density at radius 2 is 1.76 bits per heavy atom. The molecule has 1 aliphatic heterocycles. The molecule has 29 heavy (non-hydrogen) atoms. The first-order valence-electron chi connectivity index (χ1n) is 10.6. The molecule has 1 aromatic rings. The van der Waals surface area contributed by atoms with Crippen LogP contribution in [0.4, 0.5) is 0 Å². The summed E-state index contributed by atoms with van der Waals surface area (Å²) in [7, 11) is -3.47. The third-order valence-corrected chi connectivity index (χ3v) is 7.38. The van der Waals surface area contributed by atoms with Gasteiger partial charge in [0.15, 0.2) is 0 Å². The first-order chi connectivity index (χ1) is 13.9. The van der Waals surface area contributed by atoms with E-state index in [2.05, 4.69) is 14.9 Å². The van der Waals surface area contributed by atoms with Crippen LogP contribution in [0, 0.1) is 18.8 Å². The highest BCUT2D eigenvalue weighted by Crippen LogP contribution is 2.28. The van der Waals surface area contributed by atoms with E-state index < -0.39 is 10.0 Å². The first-order valence-corrected chi connectivity index (χ1v) is 12.1. The van der Waals surface area contributed by atoms with Crippen LogP contribution in [0.2, 0.25) is 0 Å². The predicted molar refractivity (Wildman–Crippen MR) is 112 cm³/mol. The van der Waals surface area contributed by atoms with Crippen LogP contribution in [0.25, 0.3) is 0 Å². The number of benzene rings is 1. The topological polar surface area (TPSA) is 87.7 Å². The van der Waals surface area contributed by atoms with Crippen molar-refractivity contribution in [3.8, 4) is 0 Å². The second kappa shape index (κ2) is 10.5. The van der Waals surface area contributed by atoms with Gasteiger partial charge in [0.1, 0.15) is 0 Å². The van der Waals surface area contributed by atoms with E-state index in [1.807, 2.05) is 6.92 Å². The van der Waals surface area contributed by atoms with E-state index in [4.69, 9.17) is 4.74 Å². The van der Waals surface area contributed by atoms with Gasteiger partial charge in [0.25, 0.3) is 0 Å². The van der Waals surface area contributed by atoms with Gasteiger partial charge in [-0.15, -0.1) is 0 Å². The molecular formula is C21H33N3O4S. The molecule has 3 rings (SSSR count). The number of morpholine rings is 1. The SMILES string of the molecule is Cc1ccc(S(=O)(=O)NCC2CCC(C(=O)NCCN3CCOCC3)CC2)cc1. The Labute approximate surface area is 174 Å². The maximum atomic E-state index is 12.4. The second-order valence-corrected chi connectivity index (χ2v) is 9.89. The normalized spacial score (nSPS) is 23.6. The standard InChI is InChI=1S/C21H33N3O4S/c1-17-2-8-20(9-3-17)29(26,27)23-16-18-4-6-19(7-5-18)21(25)22-10-11-24-12-14-28-15-13-24/h2-3,8-9,18-19,23H,4-7,10-16H2,1H3,(H,22,25). The Balaban J connectivity index is 1.35. The van der Waals surface area contributed by atoms with Crippen LogP contribution < -0.4 is 10.0 Å². The van der Waals surface area contributed by atoms with Crippen LogP contribution >= 0.6 is 0 Å². The van der Waals surface area contributed by atoms with Gasteiger partial charge in [0.05, 0.1) is 18.1 Å². The smallest absolute Gasteiger partial charge is 0.240 e. The predicted octanol–water partition coefficient (Wildman–Crippen LogP) is 1.53. The molecular weight excluding hydrogens is 390 g/mol. The lowest BCUT2D eigenvalue weighted by Gasteiger charge is -2.29. The zero-order chi connectivity index (χ0) is 20.7. The lowest BCUT2D eigenvalue weighted by molar-refractivity contribution is -0.126. The third-order valence-electron chi connectivity index (χ3n) is 5.94. The molecule has 0 aromatic heterocycles. The maximum absolute atomic E-state index is 12.4. The molecule has 0 bridgehead atoms. The number of aryl methyl sites for hydroxylation is 1. The molecule has 8 heteroatoms. The van der Waals surface area contributed by atoms with Crippen molar-refractivity contribution < 1.29 is 17.9 Å². The average molecular weight is 424 g/mol. The monoisotopic (exact) mass is 423 g/mol. The Kier molecular flexibility index (Phi) is 8.06. The van der Waals surface area contributed by atoms with E-state index in [1.165, 1.54) is 0 Å². The van der Waals surface area contributed by atoms with Gasteiger partial charge < -0.3 is 10.1 Å². The minimum atomic E-state index is -3.47. The fourth-order valence-electron chi connectivity index (χ4n) is 3.96. The van der Waals surface area contributed by atoms with Crippen LogP contribution in [0.1, 0.15) is 31.2 Å². The minimum Gasteiger partial charge on any atom is -0.379 e. The quantitative estimate of drug-likeness (QED) is 0.662. The zero-order valence-electron chi connectivity index (χ0n) is 17.2. The van der Waals surface area contributed by atoms with Gasteiger partial charge in [-0.1, -0.05) is 17.7 Å². The minimum absolute atomic E-state index is 0.0460. The van der Waals surface area contributed by atoms with Crippen LogP contribution in [0.3, 0.4) is 0 Å². The Morgan fingerprint density at radius 1 is 1.10 bits per heavy atom. The Bertz CT molecular complexity index is 753. The molecule has 1 amide bonds. The number of nitrogens with one attached hydrogen (secondary N) is 2. The fraction of sp³-hybridized carbons (Fsp3) is 0.667. The summed E-state index contributed by atoms with van der Waals surface area (Å²) in [4.78, 5) is 15.0. The Hall–Kier alpha value is -1.48. The van der Waals surface area contributed by atoms with Crippen molar-refractivity contribution in [1.82, 2.24) is 14.9 Å². The summed E-state index contributed by atoms with van der Waals surface area (Å²) in [6.07, 6.45) is 3.39. The largest absolute Gasteiger partial charge is 0.379 e. The van der Waals surface area contributed by atoms with E-state index in [1.54, 1.807) is 24.3 Å². The highest BCUT2D eigenvalue weighted by atomic mass is 32.2. The third kappa shape index (κ3) is 6.77. The summed E-state index contributed by atoms with van der Waals surface area (Å²) in [5.74, 6) is 0.467. The van der Waals surface area contributed by atoms with Gasteiger partial charge in [-0.25, -0.2) is 13.1 Å². The first kappa shape index (κ1) is 22.2. The fourth-order valence-corrected chi connectivity index (χ4v) is 5.08. The van der Waals surface area contributed by atoms with Crippen molar-refractivity contribution in [2.24, 2.45) is 11.8 Å². The Morgan fingerprint density at radius 3 is 2.41 bits per heavy atom. The zero-order valence-corrected chi connectivity index (χ0v) is 18.0. The summed E-state index contributed by atoms with van der Waals surface area (Å²) < 4.78 is 32.9. The van der Waals surface area contributed by atoms with E-state index in [-0.39, 0.29) is 17.7 Å². The van der Waals surface area contributed by atoms with E-state index >= 15 is 0 Å². The molecule has 162 valence electrons. The molecule has 1 saturated carbocycles. The van der Waals surface area contributed by atoms with Gasteiger partial charge in [0.2, 0.25) is 15.9 Å². The summed E-state index contributed by atoms with van der Waals surface area (Å²) in [5, 5.41) is 3.06. The van der Waals surface area contributed by atoms with Gasteiger partial charge in [-0.2, -0.15) is 0 Å². The molecule has 1 saturated heterocycles. The molecule has 0 radical (unpaired) electrons. The van der Waals surface area contributed by atoms with E-state index in [0.717, 1.165) is 64.1 Å². The number of ether oxygens (including phenoxy) is 1. The number of nitrogens with zero attached hydrogens (tertiary/aromatic N) is 1. The van der Waals surface area contributed by atoms with Gasteiger partial charge >= 0.3 is 0 Å². The number of carbonyl (C=O) groups is 1. The van der Waals surface area contributed by atoms with Crippen molar-refractivity contribution in [2.75, 3.05) is 45.9 Å². The molecule has 1 aliphatic carbocycles. The number of rotatable bonds is 8. The number of carbonyl (C=O) groups excluding carboxylic acids is 1. The van der Waals surface area contributed by atoms with E-state index in [9.17, 15) is 13.2 Å². The molecule has 0 atom stereocenters. The van der Waals surface area contributed by atoms with Crippen molar-refractivity contribution >= 4 is 15.9 Å². The molecule has 1 heterocycles. The molecule has 2 fully saturated rings. The van der Waals surface area contributed by atoms with Gasteiger partial charge in [-0.05, 0) is 50.7 Å². The molecule has 0 spiro atoms. The molecule has 0 unspecified atom stereocenters. The highest BCUT2D eigenvalue weighted by molar-refractivity contribution is 7.89. The summed E-state index contributed by atoms with van der Waals surface area (Å²) in [6.45, 7) is 7.30. The van der Waals surface area contributed by atoms with Crippen molar-refractivity contribution in [3.63, 3.8) is 0 Å². The summed E-state index contributed by atoms with van der Waals surface area (Å²) in [6, 6.07) is 6.88. The summed E-state index contributed by atoms with van der Waals surface area (Å²) in [5.41, 5.74) is 1.03.